The summed E-state index contributed by atoms with van der Waals surface area (Å²) in [6, 6.07) is 2.29. The first kappa shape index (κ1) is 18.1. The highest BCUT2D eigenvalue weighted by molar-refractivity contribution is 5.78. The zero-order valence-electron chi connectivity index (χ0n) is 17.4. The van der Waals surface area contributed by atoms with E-state index in [-0.39, 0.29) is 16.7 Å². The molecule has 0 aromatic carbocycles. The molecular weight excluding hydrogens is 344 g/mol. The van der Waals surface area contributed by atoms with Crippen LogP contribution in [0.25, 0.3) is 5.57 Å². The van der Waals surface area contributed by atoms with Crippen molar-refractivity contribution in [1.29, 1.82) is 0 Å². The largest absolute Gasteiger partial charge is 0.356 e. The Morgan fingerprint density at radius 1 is 1.11 bits per heavy atom. The topological polar surface area (TPSA) is 42.0 Å². The summed E-state index contributed by atoms with van der Waals surface area (Å²) in [5.41, 5.74) is 6.08. The van der Waals surface area contributed by atoms with Gasteiger partial charge in [0, 0.05) is 30.8 Å². The number of carbonyl (C=O) groups is 1. The lowest BCUT2D eigenvalue weighted by molar-refractivity contribution is -0.121. The third-order valence-electron chi connectivity index (χ3n) is 8.73. The number of nitrogens with zero attached hydrogens (tertiary/aromatic N) is 1. The molecular formula is C25H32N2O. The van der Waals surface area contributed by atoms with E-state index < -0.39 is 0 Å². The Hall–Kier alpha value is -1.90. The molecule has 1 aromatic rings. The van der Waals surface area contributed by atoms with Crippen molar-refractivity contribution in [2.45, 2.75) is 59.3 Å². The van der Waals surface area contributed by atoms with Crippen molar-refractivity contribution in [3.8, 4) is 0 Å². The van der Waals surface area contributed by atoms with Gasteiger partial charge in [0.15, 0.2) is 0 Å². The number of pyridine rings is 1. The van der Waals surface area contributed by atoms with Crippen LogP contribution < -0.4 is 5.32 Å². The van der Waals surface area contributed by atoms with E-state index in [9.17, 15) is 4.79 Å². The Labute approximate surface area is 168 Å². The summed E-state index contributed by atoms with van der Waals surface area (Å²) in [6.45, 7) is 7.96. The van der Waals surface area contributed by atoms with Gasteiger partial charge in [-0.3, -0.25) is 9.78 Å². The number of rotatable bonds is 1. The second kappa shape index (κ2) is 6.30. The Kier molecular flexibility index (Phi) is 4.08. The van der Waals surface area contributed by atoms with Crippen LogP contribution in [-0.4, -0.2) is 17.4 Å². The van der Waals surface area contributed by atoms with Gasteiger partial charge in [-0.1, -0.05) is 31.6 Å². The molecule has 2 heterocycles. The first-order valence-corrected chi connectivity index (χ1v) is 11.0. The van der Waals surface area contributed by atoms with Gasteiger partial charge in [0.05, 0.1) is 0 Å². The predicted octanol–water partition coefficient (Wildman–Crippen LogP) is 5.07. The van der Waals surface area contributed by atoms with E-state index >= 15 is 0 Å². The molecule has 3 aliphatic carbocycles. The Morgan fingerprint density at radius 3 is 2.79 bits per heavy atom. The predicted molar refractivity (Wildman–Crippen MR) is 112 cm³/mol. The van der Waals surface area contributed by atoms with Crippen molar-refractivity contribution in [1.82, 2.24) is 10.3 Å². The molecule has 0 bridgehead atoms. The quantitative estimate of drug-likeness (QED) is 0.743. The molecule has 28 heavy (non-hydrogen) atoms. The van der Waals surface area contributed by atoms with Gasteiger partial charge in [-0.25, -0.2) is 0 Å². The summed E-state index contributed by atoms with van der Waals surface area (Å²) in [6.07, 6.45) is 15.5. The van der Waals surface area contributed by atoms with Crippen molar-refractivity contribution < 1.29 is 4.79 Å². The van der Waals surface area contributed by atoms with E-state index in [2.05, 4.69) is 49.3 Å². The normalized spacial score (nSPS) is 39.7. The van der Waals surface area contributed by atoms with E-state index in [1.165, 1.54) is 42.4 Å². The van der Waals surface area contributed by atoms with Crippen LogP contribution in [0.5, 0.6) is 0 Å². The minimum absolute atomic E-state index is 0.151. The number of aryl methyl sites for hydroxylation is 1. The van der Waals surface area contributed by atoms with Crippen LogP contribution in [0.15, 0.2) is 36.2 Å². The molecule has 5 atom stereocenters. The average molecular weight is 377 g/mol. The molecule has 3 heteroatoms. The molecule has 1 aliphatic heterocycles. The summed E-state index contributed by atoms with van der Waals surface area (Å²) < 4.78 is 0. The molecule has 3 nitrogen and oxygen atoms in total. The summed E-state index contributed by atoms with van der Waals surface area (Å²) in [5, 5.41) is 3.18. The van der Waals surface area contributed by atoms with E-state index in [4.69, 9.17) is 0 Å². The lowest BCUT2D eigenvalue weighted by Gasteiger charge is -2.56. The highest BCUT2D eigenvalue weighted by Gasteiger charge is 2.55. The molecule has 1 aromatic heterocycles. The fourth-order valence-electron chi connectivity index (χ4n) is 7.08. The van der Waals surface area contributed by atoms with Crippen molar-refractivity contribution in [2.24, 2.45) is 28.6 Å². The molecule has 1 unspecified atom stereocenters. The Bertz CT molecular complexity index is 884. The minimum Gasteiger partial charge on any atom is -0.356 e. The zero-order chi connectivity index (χ0) is 19.5. The summed E-state index contributed by atoms with van der Waals surface area (Å²) in [5.74, 6) is 2.27. The van der Waals surface area contributed by atoms with Gasteiger partial charge < -0.3 is 5.32 Å². The van der Waals surface area contributed by atoms with Crippen LogP contribution in [0.2, 0.25) is 0 Å². The van der Waals surface area contributed by atoms with Crippen LogP contribution >= 0.6 is 0 Å². The maximum atomic E-state index is 12.1. The smallest absolute Gasteiger partial charge is 0.220 e. The van der Waals surface area contributed by atoms with Crippen molar-refractivity contribution in [3.05, 3.63) is 47.3 Å². The molecule has 1 saturated heterocycles. The number of fused-ring (bicyclic) bond motifs is 5. The highest BCUT2D eigenvalue weighted by Crippen LogP contribution is 2.64. The first-order valence-electron chi connectivity index (χ1n) is 11.0. The Morgan fingerprint density at radius 2 is 1.96 bits per heavy atom. The standard InChI is InChI=1S/C25H32N2O/c1-16-12-17(14-26-13-16)20-6-7-21-19-5-4-18-15-27-23(28)9-11-24(18,2)22(19)8-10-25(20,21)3/h6-7,12-14,18-19,22H,4-5,8-11,15H2,1-3H3,(H,27,28)/t18?,19-,22-,24-,25+/m0/s1. The zero-order valence-corrected chi connectivity index (χ0v) is 17.4. The molecule has 0 radical (unpaired) electrons. The van der Waals surface area contributed by atoms with Gasteiger partial charge in [0.1, 0.15) is 0 Å². The maximum absolute atomic E-state index is 12.1. The molecule has 4 aliphatic rings. The van der Waals surface area contributed by atoms with Crippen LogP contribution in [0.1, 0.15) is 63.5 Å². The van der Waals surface area contributed by atoms with Gasteiger partial charge in [-0.05, 0) is 85.0 Å². The van der Waals surface area contributed by atoms with Gasteiger partial charge in [0.2, 0.25) is 5.91 Å². The average Bonchev–Trinajstić information content (AvgIpc) is 2.95. The van der Waals surface area contributed by atoms with Crippen LogP contribution in [-0.2, 0) is 4.79 Å². The van der Waals surface area contributed by atoms with E-state index in [0.29, 0.717) is 24.2 Å². The fraction of sp³-hybridized carbons (Fsp3) is 0.600. The van der Waals surface area contributed by atoms with E-state index in [1.54, 1.807) is 5.57 Å². The number of nitrogens with one attached hydrogen (secondary N) is 1. The molecule has 2 saturated carbocycles. The lowest BCUT2D eigenvalue weighted by atomic mass is 9.48. The monoisotopic (exact) mass is 376 g/mol. The SMILES string of the molecule is Cc1cncc(C2=CC=C3[C@@H]4CCC5CNC(=O)CC[C@]5(C)[C@H]4CC[C@]23C)c1. The summed E-state index contributed by atoms with van der Waals surface area (Å²) in [7, 11) is 0. The molecule has 0 spiro atoms. The second-order valence-electron chi connectivity index (χ2n) is 10.1. The molecule has 3 fully saturated rings. The van der Waals surface area contributed by atoms with Crippen LogP contribution in [0.4, 0.5) is 0 Å². The van der Waals surface area contributed by atoms with Crippen molar-refractivity contribution in [2.75, 3.05) is 6.54 Å². The maximum Gasteiger partial charge on any atom is 0.220 e. The lowest BCUT2D eigenvalue weighted by Crippen LogP contribution is -2.49. The van der Waals surface area contributed by atoms with Crippen molar-refractivity contribution >= 4 is 11.5 Å². The van der Waals surface area contributed by atoms with Gasteiger partial charge >= 0.3 is 0 Å². The summed E-state index contributed by atoms with van der Waals surface area (Å²) in [4.78, 5) is 16.5. The number of hydrogen-bond acceptors (Lipinski definition) is 2. The van der Waals surface area contributed by atoms with Crippen LogP contribution in [0.3, 0.4) is 0 Å². The number of allylic oxidation sites excluding steroid dienone is 4. The van der Waals surface area contributed by atoms with E-state index in [1.807, 2.05) is 12.4 Å². The number of hydrogen-bond donors (Lipinski definition) is 1. The van der Waals surface area contributed by atoms with Gasteiger partial charge in [0.25, 0.3) is 0 Å². The molecule has 1 amide bonds. The minimum atomic E-state index is 0.151. The summed E-state index contributed by atoms with van der Waals surface area (Å²) >= 11 is 0. The number of aromatic nitrogens is 1. The van der Waals surface area contributed by atoms with Crippen molar-refractivity contribution in [3.63, 3.8) is 0 Å². The third kappa shape index (κ3) is 2.54. The third-order valence-corrected chi connectivity index (χ3v) is 8.73. The van der Waals surface area contributed by atoms with Gasteiger partial charge in [-0.2, -0.15) is 0 Å². The molecule has 5 rings (SSSR count). The first-order chi connectivity index (χ1) is 13.4. The second-order valence-corrected chi connectivity index (χ2v) is 10.1. The fourth-order valence-corrected chi connectivity index (χ4v) is 7.08. The van der Waals surface area contributed by atoms with Gasteiger partial charge in [-0.15, -0.1) is 0 Å². The molecule has 148 valence electrons. The highest BCUT2D eigenvalue weighted by atomic mass is 16.1. The van der Waals surface area contributed by atoms with Crippen LogP contribution in [0, 0.1) is 35.5 Å². The van der Waals surface area contributed by atoms with E-state index in [0.717, 1.165) is 13.0 Å². The number of carbonyl (C=O) groups excluding carboxylic acids is 1. The molecule has 1 N–H and O–H groups in total. The number of amides is 1. The Balaban J connectivity index is 1.46.